The smallest absolute Gasteiger partial charge is 0.192 e. The Morgan fingerprint density at radius 1 is 1.04 bits per heavy atom. The zero-order valence-electron chi connectivity index (χ0n) is 12.6. The number of nitrogens with two attached hydrogens (primary N) is 2. The van der Waals surface area contributed by atoms with E-state index in [1.54, 1.807) is 36.4 Å². The highest BCUT2D eigenvalue weighted by Gasteiger charge is 2.27. The first-order valence-corrected chi connectivity index (χ1v) is 7.38. The van der Waals surface area contributed by atoms with Crippen molar-refractivity contribution in [2.45, 2.75) is 12.1 Å². The summed E-state index contributed by atoms with van der Waals surface area (Å²) in [4.78, 5) is 12.4. The van der Waals surface area contributed by atoms with Gasteiger partial charge < -0.3 is 10.5 Å². The van der Waals surface area contributed by atoms with Gasteiger partial charge in [0.15, 0.2) is 11.5 Å². The summed E-state index contributed by atoms with van der Waals surface area (Å²) in [5.41, 5.74) is 12.8. The highest BCUT2D eigenvalue weighted by Crippen LogP contribution is 2.25. The molecule has 2 aromatic carbocycles. The second-order valence-electron chi connectivity index (χ2n) is 5.52. The number of para-hydroxylation sites is 1. The molecule has 1 unspecified atom stereocenters. The average Bonchev–Trinajstić information content (AvgIpc) is 2.56. The third kappa shape index (κ3) is 3.49. The maximum absolute atomic E-state index is 12.4. The lowest BCUT2D eigenvalue weighted by molar-refractivity contribution is 0.103. The van der Waals surface area contributed by atoms with Crippen molar-refractivity contribution in [3.8, 4) is 5.75 Å². The minimum Gasteiger partial charge on any atom is -0.469 e. The number of benzene rings is 2. The van der Waals surface area contributed by atoms with Crippen molar-refractivity contribution in [3.63, 3.8) is 0 Å². The van der Waals surface area contributed by atoms with Crippen LogP contribution in [0.2, 0.25) is 0 Å². The van der Waals surface area contributed by atoms with Gasteiger partial charge in [-0.15, -0.1) is 0 Å². The summed E-state index contributed by atoms with van der Waals surface area (Å²) >= 11 is 0. The molecule has 4 nitrogen and oxygen atoms in total. The van der Waals surface area contributed by atoms with Crippen LogP contribution in [0.25, 0.3) is 0 Å². The number of ketones is 1. The first-order valence-electron chi connectivity index (χ1n) is 7.38. The van der Waals surface area contributed by atoms with Gasteiger partial charge in [-0.05, 0) is 42.5 Å². The van der Waals surface area contributed by atoms with Crippen LogP contribution in [0.1, 0.15) is 16.8 Å². The summed E-state index contributed by atoms with van der Waals surface area (Å²) in [7, 11) is 0. The molecule has 116 valence electrons. The van der Waals surface area contributed by atoms with Gasteiger partial charge in [0.2, 0.25) is 0 Å². The molecule has 0 amide bonds. The minimum atomic E-state index is -0.938. The van der Waals surface area contributed by atoms with Gasteiger partial charge in [-0.1, -0.05) is 30.4 Å². The van der Waals surface area contributed by atoms with Gasteiger partial charge >= 0.3 is 0 Å². The molecule has 2 aromatic rings. The van der Waals surface area contributed by atoms with E-state index in [9.17, 15) is 4.79 Å². The monoisotopic (exact) mass is 306 g/mol. The third-order valence-corrected chi connectivity index (χ3v) is 3.67. The van der Waals surface area contributed by atoms with Crippen LogP contribution in [0.15, 0.2) is 78.4 Å². The molecule has 3 rings (SSSR count). The summed E-state index contributed by atoms with van der Waals surface area (Å²) in [6, 6.07) is 16.2. The van der Waals surface area contributed by atoms with Crippen LogP contribution in [0.4, 0.5) is 5.69 Å². The number of nitrogen functional groups attached to an aromatic ring is 1. The van der Waals surface area contributed by atoms with Crippen molar-refractivity contribution >= 4 is 11.5 Å². The van der Waals surface area contributed by atoms with Crippen LogP contribution in [-0.2, 0) is 0 Å². The maximum Gasteiger partial charge on any atom is 0.192 e. The number of Topliss-reactive ketones (excluding diaryl/α,β-unsaturated/α-hetero) is 1. The summed E-state index contributed by atoms with van der Waals surface area (Å²) in [5.74, 6) is 0.643. The van der Waals surface area contributed by atoms with Crippen LogP contribution in [0.3, 0.4) is 0 Å². The van der Waals surface area contributed by atoms with Crippen LogP contribution in [0.5, 0.6) is 5.75 Å². The van der Waals surface area contributed by atoms with E-state index in [4.69, 9.17) is 16.2 Å². The van der Waals surface area contributed by atoms with Crippen molar-refractivity contribution < 1.29 is 9.53 Å². The fraction of sp³-hybridized carbons (Fsp3) is 0.105. The molecule has 0 spiro atoms. The highest BCUT2D eigenvalue weighted by molar-refractivity contribution is 6.10. The Kier molecular flexibility index (Phi) is 4.00. The molecule has 0 aliphatic heterocycles. The summed E-state index contributed by atoms with van der Waals surface area (Å²) in [6.45, 7) is 0. The molecule has 0 bridgehead atoms. The van der Waals surface area contributed by atoms with E-state index in [0.717, 1.165) is 0 Å². The Morgan fingerprint density at radius 2 is 1.74 bits per heavy atom. The number of rotatable bonds is 4. The van der Waals surface area contributed by atoms with Gasteiger partial charge in [-0.25, -0.2) is 0 Å². The minimum absolute atomic E-state index is 0.0528. The van der Waals surface area contributed by atoms with E-state index in [1.807, 2.05) is 36.4 Å². The molecule has 0 saturated carbocycles. The van der Waals surface area contributed by atoms with Crippen molar-refractivity contribution in [1.82, 2.24) is 0 Å². The molecule has 0 fully saturated rings. The normalized spacial score (nSPS) is 20.0. The van der Waals surface area contributed by atoms with E-state index in [2.05, 4.69) is 0 Å². The molecule has 0 saturated heterocycles. The first kappa shape index (κ1) is 15.1. The van der Waals surface area contributed by atoms with Crippen LogP contribution in [-0.4, -0.2) is 11.5 Å². The standard InChI is InChI=1S/C19H18N2O2/c20-16-8-6-14(7-9-16)18(22)15-10-12-19(21,13-11-15)23-17-4-2-1-3-5-17/h1-12H,13,20-21H2. The maximum atomic E-state index is 12.4. The predicted octanol–water partition coefficient (Wildman–Crippen LogP) is 3.07. The molecule has 4 heteroatoms. The largest absolute Gasteiger partial charge is 0.469 e. The summed E-state index contributed by atoms with van der Waals surface area (Å²) in [6.07, 6.45) is 5.67. The van der Waals surface area contributed by atoms with Crippen molar-refractivity contribution in [2.75, 3.05) is 5.73 Å². The molecule has 4 N–H and O–H groups in total. The Hall–Kier alpha value is -2.85. The van der Waals surface area contributed by atoms with Crippen LogP contribution in [0, 0.1) is 0 Å². The number of allylic oxidation sites excluding steroid dienone is 2. The Balaban J connectivity index is 1.72. The number of carbonyl (C=O) groups is 1. The Labute approximate surface area is 135 Å². The van der Waals surface area contributed by atoms with Crippen LogP contribution < -0.4 is 16.2 Å². The number of anilines is 1. The van der Waals surface area contributed by atoms with E-state index in [0.29, 0.717) is 29.0 Å². The van der Waals surface area contributed by atoms with Gasteiger partial charge in [0.1, 0.15) is 5.75 Å². The molecule has 1 atom stereocenters. The lowest BCUT2D eigenvalue weighted by Crippen LogP contribution is -2.44. The molecular formula is C19H18N2O2. The molecule has 1 aliphatic rings. The lowest BCUT2D eigenvalue weighted by atomic mass is 9.94. The second-order valence-corrected chi connectivity index (χ2v) is 5.52. The fourth-order valence-corrected chi connectivity index (χ4v) is 2.39. The number of hydrogen-bond acceptors (Lipinski definition) is 4. The Morgan fingerprint density at radius 3 is 2.35 bits per heavy atom. The van der Waals surface area contributed by atoms with E-state index < -0.39 is 5.72 Å². The number of ether oxygens (including phenoxy) is 1. The number of hydrogen-bond donors (Lipinski definition) is 2. The first-order chi connectivity index (χ1) is 11.1. The van der Waals surface area contributed by atoms with Crippen molar-refractivity contribution in [3.05, 3.63) is 84.0 Å². The average molecular weight is 306 g/mol. The van der Waals surface area contributed by atoms with Gasteiger partial charge in [-0.2, -0.15) is 0 Å². The molecule has 23 heavy (non-hydrogen) atoms. The van der Waals surface area contributed by atoms with E-state index in [1.165, 1.54) is 0 Å². The van der Waals surface area contributed by atoms with Gasteiger partial charge in [0.25, 0.3) is 0 Å². The molecule has 1 aliphatic carbocycles. The zero-order valence-corrected chi connectivity index (χ0v) is 12.6. The second kappa shape index (κ2) is 6.10. The van der Waals surface area contributed by atoms with Crippen molar-refractivity contribution in [2.24, 2.45) is 5.73 Å². The quantitative estimate of drug-likeness (QED) is 0.517. The molecule has 0 heterocycles. The number of carbonyl (C=O) groups excluding carboxylic acids is 1. The SMILES string of the molecule is Nc1ccc(C(=O)C2=CCC(N)(Oc3ccccc3)C=C2)cc1. The third-order valence-electron chi connectivity index (χ3n) is 3.67. The van der Waals surface area contributed by atoms with E-state index in [-0.39, 0.29) is 5.78 Å². The zero-order chi connectivity index (χ0) is 16.3. The van der Waals surface area contributed by atoms with Crippen molar-refractivity contribution in [1.29, 1.82) is 0 Å². The lowest BCUT2D eigenvalue weighted by Gasteiger charge is -2.28. The highest BCUT2D eigenvalue weighted by atomic mass is 16.5. The van der Waals surface area contributed by atoms with Gasteiger partial charge in [0, 0.05) is 23.2 Å². The summed E-state index contributed by atoms with van der Waals surface area (Å²) in [5, 5.41) is 0. The van der Waals surface area contributed by atoms with E-state index >= 15 is 0 Å². The fourth-order valence-electron chi connectivity index (χ4n) is 2.39. The topological polar surface area (TPSA) is 78.3 Å². The van der Waals surface area contributed by atoms with Crippen LogP contribution >= 0.6 is 0 Å². The summed E-state index contributed by atoms with van der Waals surface area (Å²) < 4.78 is 5.81. The molecule has 0 aromatic heterocycles. The molecule has 0 radical (unpaired) electrons. The molecular weight excluding hydrogens is 288 g/mol. The predicted molar refractivity (Wildman–Crippen MR) is 91.0 cm³/mol. The van der Waals surface area contributed by atoms with Gasteiger partial charge in [-0.3, -0.25) is 10.5 Å². The Bertz CT molecular complexity index is 764. The van der Waals surface area contributed by atoms with Gasteiger partial charge in [0.05, 0.1) is 0 Å².